The van der Waals surface area contributed by atoms with Crippen molar-refractivity contribution in [3.63, 3.8) is 0 Å². The Balaban J connectivity index is 2.66. The van der Waals surface area contributed by atoms with Crippen LogP contribution in [0.4, 0.5) is 0 Å². The van der Waals surface area contributed by atoms with Crippen molar-refractivity contribution in [3.8, 4) is 0 Å². The number of rotatable bonds is 0. The Kier molecular flexibility index (Phi) is 0.733. The maximum atomic E-state index is 7.07. The number of hydrogen-bond acceptors (Lipinski definition) is 2. The second-order valence-corrected chi connectivity index (χ2v) is 1.58. The van der Waals surface area contributed by atoms with E-state index in [0.717, 1.165) is 0 Å². The van der Waals surface area contributed by atoms with Crippen LogP contribution in [0.25, 0.3) is 0 Å². The molecule has 1 atom stereocenters. The van der Waals surface area contributed by atoms with Crippen LogP contribution in [0.15, 0.2) is 16.6 Å². The molecule has 0 saturated heterocycles. The summed E-state index contributed by atoms with van der Waals surface area (Å²) >= 11 is 1.29. The molecular formula is C4H5NS. The molecule has 0 aliphatic carbocycles. The number of aliphatic imine (C=N–C) groups is 1. The normalized spacial score (nSPS) is 37.3. The first kappa shape index (κ1) is 2.17. The van der Waals surface area contributed by atoms with Crippen molar-refractivity contribution < 1.29 is 2.74 Å². The van der Waals surface area contributed by atoms with Gasteiger partial charge in [-0.1, -0.05) is 0 Å². The van der Waals surface area contributed by atoms with Crippen molar-refractivity contribution in [2.75, 3.05) is 5.73 Å². The number of hydrogen-bond donors (Lipinski definition) is 0. The predicted octanol–water partition coefficient (Wildman–Crippen LogP) is 1.28. The lowest BCUT2D eigenvalue weighted by Gasteiger charge is -1.87. The Morgan fingerprint density at radius 1 is 2.17 bits per heavy atom. The van der Waals surface area contributed by atoms with Crippen LogP contribution in [0.3, 0.4) is 0 Å². The molecule has 0 aromatic carbocycles. The quantitative estimate of drug-likeness (QED) is 0.447. The number of thioether (sulfide) groups is 1. The molecule has 1 unspecified atom stereocenters. The van der Waals surface area contributed by atoms with Gasteiger partial charge in [0.25, 0.3) is 0 Å². The van der Waals surface area contributed by atoms with E-state index in [1.54, 1.807) is 5.41 Å². The van der Waals surface area contributed by atoms with Gasteiger partial charge in [-0.05, 0) is 5.41 Å². The highest BCUT2D eigenvalue weighted by Gasteiger charge is 1.78. The Hall–Kier alpha value is -0.240. The van der Waals surface area contributed by atoms with Crippen molar-refractivity contribution in [1.29, 1.82) is 0 Å². The van der Waals surface area contributed by atoms with E-state index in [-0.39, 0.29) is 6.19 Å². The van der Waals surface area contributed by atoms with Crippen molar-refractivity contribution in [2.24, 2.45) is 4.99 Å². The molecular weight excluding hydrogens is 94.1 g/mol. The summed E-state index contributed by atoms with van der Waals surface area (Å²) < 4.78 is 14.0. The zero-order valence-corrected chi connectivity index (χ0v) is 3.90. The van der Waals surface area contributed by atoms with Gasteiger partial charge < -0.3 is 0 Å². The van der Waals surface area contributed by atoms with Gasteiger partial charge in [-0.25, -0.2) is 0 Å². The highest BCUT2D eigenvalue weighted by molar-refractivity contribution is 8.02. The second kappa shape index (κ2) is 2.03. The first-order valence-corrected chi connectivity index (χ1v) is 2.52. The third-order valence-electron chi connectivity index (χ3n) is 0.409. The minimum atomic E-state index is -0.500. The molecule has 0 amide bonds. The van der Waals surface area contributed by atoms with E-state index in [0.29, 0.717) is 0 Å². The molecule has 1 heterocycles. The smallest absolute Gasteiger partial charge is 0.0800 e. The minimum Gasteiger partial charge on any atom is -0.268 e. The molecule has 2 heteroatoms. The molecule has 32 valence electrons. The maximum absolute atomic E-state index is 7.07. The lowest BCUT2D eigenvalue weighted by atomic mass is 10.8. The summed E-state index contributed by atoms with van der Waals surface area (Å²) in [6.07, 6.45) is 1.68. The largest absolute Gasteiger partial charge is 0.268 e. The van der Waals surface area contributed by atoms with Gasteiger partial charge in [0.2, 0.25) is 0 Å². The van der Waals surface area contributed by atoms with Crippen LogP contribution >= 0.6 is 11.8 Å². The third kappa shape index (κ3) is 0.863. The molecule has 0 saturated carbocycles. The molecule has 0 aromatic rings. The standard InChI is InChI=1S/C4H5NS/c1-3-6-4-2-5-1/h1-3H,4H2/i2D,4D. The average Bonchev–Trinajstić information content (AvgIpc) is 1.77. The Morgan fingerprint density at radius 2 is 3.17 bits per heavy atom. The van der Waals surface area contributed by atoms with Gasteiger partial charge >= 0.3 is 0 Å². The van der Waals surface area contributed by atoms with Gasteiger partial charge in [0.05, 0.1) is 1.37 Å². The average molecular weight is 101 g/mol. The van der Waals surface area contributed by atoms with E-state index in [1.807, 2.05) is 0 Å². The predicted molar refractivity (Wildman–Crippen MR) is 30.1 cm³/mol. The molecule has 0 bridgehead atoms. The van der Waals surface area contributed by atoms with E-state index in [2.05, 4.69) is 4.99 Å². The van der Waals surface area contributed by atoms with Crippen LogP contribution in [0.2, 0.25) is 0 Å². The first-order chi connectivity index (χ1) is 3.80. The van der Waals surface area contributed by atoms with Crippen LogP contribution < -0.4 is 0 Å². The fraction of sp³-hybridized carbons (Fsp3) is 0.250. The summed E-state index contributed by atoms with van der Waals surface area (Å²) in [6, 6.07) is 0. The van der Waals surface area contributed by atoms with E-state index in [9.17, 15) is 0 Å². The van der Waals surface area contributed by atoms with Gasteiger partial charge in [0.1, 0.15) is 0 Å². The summed E-state index contributed by atoms with van der Waals surface area (Å²) in [4.78, 5) is 3.61. The van der Waals surface area contributed by atoms with Crippen molar-refractivity contribution >= 4 is 18.0 Å². The van der Waals surface area contributed by atoms with Crippen LogP contribution in [-0.4, -0.2) is 11.9 Å². The highest BCUT2D eigenvalue weighted by atomic mass is 32.2. The van der Waals surface area contributed by atoms with Gasteiger partial charge in [0, 0.05) is 19.5 Å². The van der Waals surface area contributed by atoms with Crippen molar-refractivity contribution in [1.82, 2.24) is 0 Å². The molecule has 1 aliphatic rings. The van der Waals surface area contributed by atoms with E-state index >= 15 is 0 Å². The molecule has 0 aromatic heterocycles. The third-order valence-corrected chi connectivity index (χ3v) is 0.930. The molecule has 6 heavy (non-hydrogen) atoms. The zero-order valence-electron chi connectivity index (χ0n) is 5.09. The van der Waals surface area contributed by atoms with E-state index in [4.69, 9.17) is 2.74 Å². The van der Waals surface area contributed by atoms with Crippen LogP contribution in [0, 0.1) is 0 Å². The van der Waals surface area contributed by atoms with Crippen LogP contribution in [0.5, 0.6) is 0 Å². The second-order valence-electron chi connectivity index (χ2n) is 0.797. The maximum Gasteiger partial charge on any atom is 0.0800 e. The van der Waals surface area contributed by atoms with E-state index in [1.165, 1.54) is 18.0 Å². The molecule has 1 nitrogen and oxygen atoms in total. The highest BCUT2D eigenvalue weighted by Crippen LogP contribution is 2.02. The molecule has 1 aliphatic heterocycles. The fourth-order valence-corrected chi connectivity index (χ4v) is 0.540. The van der Waals surface area contributed by atoms with Gasteiger partial charge in [0.15, 0.2) is 0 Å². The molecule has 0 fully saturated rings. The topological polar surface area (TPSA) is 12.4 Å². The van der Waals surface area contributed by atoms with Crippen molar-refractivity contribution in [2.45, 2.75) is 0 Å². The first-order valence-electron chi connectivity index (χ1n) is 2.65. The van der Waals surface area contributed by atoms with Gasteiger partial charge in [-0.15, -0.1) is 11.8 Å². The Morgan fingerprint density at radius 3 is 3.67 bits per heavy atom. The molecule has 0 N–H and O–H groups in total. The summed E-state index contributed by atoms with van der Waals surface area (Å²) in [5, 5.41) is 1.72. The lowest BCUT2D eigenvalue weighted by Crippen LogP contribution is -1.77. The molecule has 0 spiro atoms. The Labute approximate surface area is 44.0 Å². The molecule has 1 rings (SSSR count). The summed E-state index contributed by atoms with van der Waals surface area (Å²) in [6.45, 7) is 0. The van der Waals surface area contributed by atoms with Gasteiger partial charge in [-0.2, -0.15) is 0 Å². The lowest BCUT2D eigenvalue weighted by molar-refractivity contribution is 1.59. The Bertz CT molecular complexity index is 143. The fourth-order valence-electron chi connectivity index (χ4n) is 0.209. The monoisotopic (exact) mass is 101 g/mol. The van der Waals surface area contributed by atoms with E-state index < -0.39 is 5.73 Å². The zero-order chi connectivity index (χ0) is 5.98. The summed E-state index contributed by atoms with van der Waals surface area (Å²) in [5.74, 6) is 0. The van der Waals surface area contributed by atoms with Gasteiger partial charge in [-0.3, -0.25) is 4.99 Å². The van der Waals surface area contributed by atoms with Crippen LogP contribution in [0.1, 0.15) is 2.74 Å². The summed E-state index contributed by atoms with van der Waals surface area (Å²) in [7, 11) is 0. The van der Waals surface area contributed by atoms with Crippen molar-refractivity contribution in [3.05, 3.63) is 11.6 Å². The molecule has 0 radical (unpaired) electrons. The minimum absolute atomic E-state index is 0.137. The summed E-state index contributed by atoms with van der Waals surface area (Å²) in [5.41, 5.74) is -0.500. The SMILES string of the molecule is [2H]C1=NC=CSC1[2H]. The number of nitrogens with zero attached hydrogens (tertiary/aromatic N) is 1. The van der Waals surface area contributed by atoms with Crippen LogP contribution in [-0.2, 0) is 0 Å².